The molecule has 0 bridgehead atoms. The standard InChI is InChI=1S/C15H18N4O4S/c1-18-7-9-19(10-8-18)24(21,22)14-5-4-13(23-14)15(20)17-12-3-2-6-16-11-12/h2-6,11H,7-10H2,1H3,(H,17,20). The summed E-state index contributed by atoms with van der Waals surface area (Å²) in [4.78, 5) is 18.1. The third-order valence-electron chi connectivity index (χ3n) is 3.78. The molecule has 0 aliphatic carbocycles. The van der Waals surface area contributed by atoms with Gasteiger partial charge in [-0.1, -0.05) is 0 Å². The van der Waals surface area contributed by atoms with Crippen molar-refractivity contribution in [3.8, 4) is 0 Å². The van der Waals surface area contributed by atoms with Gasteiger partial charge in [0.2, 0.25) is 5.09 Å². The van der Waals surface area contributed by atoms with Crippen molar-refractivity contribution in [2.45, 2.75) is 5.09 Å². The fourth-order valence-corrected chi connectivity index (χ4v) is 3.70. The van der Waals surface area contributed by atoms with E-state index in [1.807, 2.05) is 7.05 Å². The van der Waals surface area contributed by atoms with Crippen LogP contribution in [0.3, 0.4) is 0 Å². The molecule has 0 radical (unpaired) electrons. The van der Waals surface area contributed by atoms with Gasteiger partial charge in [0.1, 0.15) is 0 Å². The number of anilines is 1. The zero-order chi connectivity index (χ0) is 17.2. The van der Waals surface area contributed by atoms with Crippen LogP contribution in [0.25, 0.3) is 0 Å². The molecule has 1 saturated heterocycles. The highest BCUT2D eigenvalue weighted by atomic mass is 32.2. The smallest absolute Gasteiger partial charge is 0.291 e. The van der Waals surface area contributed by atoms with Crippen LogP contribution in [-0.2, 0) is 10.0 Å². The van der Waals surface area contributed by atoms with Crippen LogP contribution < -0.4 is 5.32 Å². The number of rotatable bonds is 4. The number of hydrogen-bond donors (Lipinski definition) is 1. The first-order valence-electron chi connectivity index (χ1n) is 7.47. The molecule has 9 heteroatoms. The van der Waals surface area contributed by atoms with Crippen LogP contribution in [0.1, 0.15) is 10.6 Å². The lowest BCUT2D eigenvalue weighted by atomic mass is 10.4. The summed E-state index contributed by atoms with van der Waals surface area (Å²) < 4.78 is 31.8. The second-order valence-corrected chi connectivity index (χ2v) is 7.39. The maximum atomic E-state index is 12.6. The van der Waals surface area contributed by atoms with Gasteiger partial charge in [-0.2, -0.15) is 4.31 Å². The van der Waals surface area contributed by atoms with Crippen molar-refractivity contribution in [2.24, 2.45) is 0 Å². The van der Waals surface area contributed by atoms with Crippen molar-refractivity contribution in [3.63, 3.8) is 0 Å². The van der Waals surface area contributed by atoms with Gasteiger partial charge in [0, 0.05) is 32.4 Å². The SMILES string of the molecule is CN1CCN(S(=O)(=O)c2ccc(C(=O)Nc3cccnc3)o2)CC1. The van der Waals surface area contributed by atoms with Crippen molar-refractivity contribution in [3.05, 3.63) is 42.4 Å². The summed E-state index contributed by atoms with van der Waals surface area (Å²) in [5.41, 5.74) is 0.502. The van der Waals surface area contributed by atoms with E-state index in [0.717, 1.165) is 0 Å². The number of hydrogen-bond acceptors (Lipinski definition) is 6. The Morgan fingerprint density at radius 1 is 1.21 bits per heavy atom. The van der Waals surface area contributed by atoms with E-state index in [0.29, 0.717) is 31.9 Å². The fourth-order valence-electron chi connectivity index (χ4n) is 2.37. The van der Waals surface area contributed by atoms with Crippen LogP contribution in [0.15, 0.2) is 46.2 Å². The Bertz CT molecular complexity index is 811. The molecule has 0 saturated carbocycles. The van der Waals surface area contributed by atoms with E-state index in [2.05, 4.69) is 15.2 Å². The van der Waals surface area contributed by atoms with Crippen molar-refractivity contribution in [1.82, 2.24) is 14.2 Å². The predicted molar refractivity (Wildman–Crippen MR) is 87.2 cm³/mol. The molecule has 128 valence electrons. The maximum absolute atomic E-state index is 12.6. The van der Waals surface area contributed by atoms with Gasteiger partial charge in [-0.25, -0.2) is 8.42 Å². The van der Waals surface area contributed by atoms with Crippen LogP contribution in [0, 0.1) is 0 Å². The number of piperazine rings is 1. The molecule has 3 rings (SSSR count). The lowest BCUT2D eigenvalue weighted by molar-refractivity contribution is 0.0991. The van der Waals surface area contributed by atoms with Crippen LogP contribution in [0.4, 0.5) is 5.69 Å². The average Bonchev–Trinajstić information content (AvgIpc) is 3.07. The number of amides is 1. The summed E-state index contributed by atoms with van der Waals surface area (Å²) in [6.45, 7) is 2.12. The first kappa shape index (κ1) is 16.6. The Morgan fingerprint density at radius 3 is 2.62 bits per heavy atom. The highest BCUT2D eigenvalue weighted by Gasteiger charge is 2.30. The van der Waals surface area contributed by atoms with E-state index in [9.17, 15) is 13.2 Å². The summed E-state index contributed by atoms with van der Waals surface area (Å²) >= 11 is 0. The van der Waals surface area contributed by atoms with Gasteiger partial charge in [-0.3, -0.25) is 9.78 Å². The summed E-state index contributed by atoms with van der Waals surface area (Å²) in [6, 6.07) is 6.03. The van der Waals surface area contributed by atoms with E-state index >= 15 is 0 Å². The molecule has 0 unspecified atom stereocenters. The van der Waals surface area contributed by atoms with E-state index in [1.165, 1.54) is 22.6 Å². The van der Waals surface area contributed by atoms with Crippen molar-refractivity contribution in [1.29, 1.82) is 0 Å². The molecule has 1 aliphatic rings. The Balaban J connectivity index is 1.74. The van der Waals surface area contributed by atoms with Crippen LogP contribution in [0.2, 0.25) is 0 Å². The molecule has 1 aliphatic heterocycles. The average molecular weight is 350 g/mol. The third kappa shape index (κ3) is 3.48. The van der Waals surface area contributed by atoms with E-state index in [1.54, 1.807) is 18.3 Å². The molecule has 1 N–H and O–H groups in total. The minimum atomic E-state index is -3.72. The Labute approximate surface area is 140 Å². The fraction of sp³-hybridized carbons (Fsp3) is 0.333. The number of carbonyl (C=O) groups excluding carboxylic acids is 1. The Kier molecular flexibility index (Phi) is 4.65. The molecule has 0 atom stereocenters. The largest absolute Gasteiger partial charge is 0.438 e. The monoisotopic (exact) mass is 350 g/mol. The molecule has 2 aromatic rings. The number of nitrogens with zero attached hydrogens (tertiary/aromatic N) is 3. The van der Waals surface area contributed by atoms with Crippen molar-refractivity contribution < 1.29 is 17.6 Å². The van der Waals surface area contributed by atoms with Gasteiger partial charge in [0.25, 0.3) is 15.9 Å². The number of aromatic nitrogens is 1. The van der Waals surface area contributed by atoms with Gasteiger partial charge in [-0.05, 0) is 31.3 Å². The lowest BCUT2D eigenvalue weighted by Crippen LogP contribution is -2.46. The first-order valence-corrected chi connectivity index (χ1v) is 8.91. The molecule has 0 spiro atoms. The molecule has 1 amide bonds. The third-order valence-corrected chi connectivity index (χ3v) is 5.55. The maximum Gasteiger partial charge on any atom is 0.291 e. The minimum absolute atomic E-state index is 0.0634. The molecule has 3 heterocycles. The van der Waals surface area contributed by atoms with Gasteiger partial charge in [0.05, 0.1) is 11.9 Å². The molecular formula is C15H18N4O4S. The van der Waals surface area contributed by atoms with Gasteiger partial charge in [0.15, 0.2) is 5.76 Å². The number of sulfonamides is 1. The summed E-state index contributed by atoms with van der Waals surface area (Å²) in [7, 11) is -1.78. The number of carbonyl (C=O) groups is 1. The van der Waals surface area contributed by atoms with Crippen molar-refractivity contribution >= 4 is 21.6 Å². The van der Waals surface area contributed by atoms with Gasteiger partial charge in [-0.15, -0.1) is 0 Å². The molecule has 0 aromatic carbocycles. The second kappa shape index (κ2) is 6.71. The topological polar surface area (TPSA) is 95.8 Å². The minimum Gasteiger partial charge on any atom is -0.438 e. The summed E-state index contributed by atoms with van der Waals surface area (Å²) in [5, 5.41) is 2.38. The molecule has 8 nitrogen and oxygen atoms in total. The van der Waals surface area contributed by atoms with Crippen LogP contribution >= 0.6 is 0 Å². The molecule has 24 heavy (non-hydrogen) atoms. The highest BCUT2D eigenvalue weighted by molar-refractivity contribution is 7.89. The van der Waals surface area contributed by atoms with Crippen LogP contribution in [0.5, 0.6) is 0 Å². The lowest BCUT2D eigenvalue weighted by Gasteiger charge is -2.30. The van der Waals surface area contributed by atoms with E-state index in [4.69, 9.17) is 4.42 Å². The quantitative estimate of drug-likeness (QED) is 0.879. The molecular weight excluding hydrogens is 332 g/mol. The number of pyridine rings is 1. The first-order chi connectivity index (χ1) is 11.5. The van der Waals surface area contributed by atoms with Gasteiger partial charge < -0.3 is 14.6 Å². The predicted octanol–water partition coefficient (Wildman–Crippen LogP) is 0.863. The number of nitrogens with one attached hydrogen (secondary N) is 1. The second-order valence-electron chi connectivity index (χ2n) is 5.52. The molecule has 1 fully saturated rings. The van der Waals surface area contributed by atoms with E-state index in [-0.39, 0.29) is 10.9 Å². The van der Waals surface area contributed by atoms with Gasteiger partial charge >= 0.3 is 0 Å². The zero-order valence-electron chi connectivity index (χ0n) is 13.2. The normalized spacial score (nSPS) is 16.9. The Hall–Kier alpha value is -2.23. The summed E-state index contributed by atoms with van der Waals surface area (Å²) in [6.07, 6.45) is 3.08. The number of furan rings is 1. The number of likely N-dealkylation sites (N-methyl/N-ethyl adjacent to an activating group) is 1. The zero-order valence-corrected chi connectivity index (χ0v) is 14.0. The molecule has 2 aromatic heterocycles. The Morgan fingerprint density at radius 2 is 1.96 bits per heavy atom. The van der Waals surface area contributed by atoms with E-state index < -0.39 is 15.9 Å². The van der Waals surface area contributed by atoms with Crippen molar-refractivity contribution in [2.75, 3.05) is 38.5 Å². The highest BCUT2D eigenvalue weighted by Crippen LogP contribution is 2.20. The summed E-state index contributed by atoms with van der Waals surface area (Å²) in [5.74, 6) is -0.589. The van der Waals surface area contributed by atoms with Crippen LogP contribution in [-0.4, -0.2) is 61.7 Å².